The molecule has 3 amide bonds. The molecule has 3 aromatic rings. The predicted molar refractivity (Wildman–Crippen MR) is 173 cm³/mol. The van der Waals surface area contributed by atoms with Gasteiger partial charge in [-0.1, -0.05) is 96.6 Å². The van der Waals surface area contributed by atoms with E-state index in [-0.39, 0.29) is 30.9 Å². The lowest BCUT2D eigenvalue weighted by molar-refractivity contribution is -0.142. The summed E-state index contributed by atoms with van der Waals surface area (Å²) < 4.78 is -1.82. The van der Waals surface area contributed by atoms with Gasteiger partial charge in [-0.25, -0.2) is 0 Å². The third-order valence-corrected chi connectivity index (χ3v) is 11.5. The number of benzene rings is 3. The van der Waals surface area contributed by atoms with Gasteiger partial charge in [0, 0.05) is 23.5 Å². The van der Waals surface area contributed by atoms with Crippen LogP contribution >= 0.6 is 23.4 Å². The molecule has 3 aromatic carbocycles. The van der Waals surface area contributed by atoms with Crippen LogP contribution in [-0.2, 0) is 14.4 Å². The van der Waals surface area contributed by atoms with Gasteiger partial charge in [0.15, 0.2) is 0 Å². The minimum Gasteiger partial charge on any atom is -0.394 e. The second-order valence-electron chi connectivity index (χ2n) is 11.8. The molecule has 0 aromatic heterocycles. The average Bonchev–Trinajstić information content (AvgIpc) is 3.30. The molecule has 6 atom stereocenters. The fourth-order valence-corrected chi connectivity index (χ4v) is 9.93. The van der Waals surface area contributed by atoms with Crippen molar-refractivity contribution in [3.8, 4) is 0 Å². The van der Waals surface area contributed by atoms with Crippen LogP contribution in [0.3, 0.4) is 0 Å². The van der Waals surface area contributed by atoms with Crippen LogP contribution < -0.4 is 9.80 Å². The van der Waals surface area contributed by atoms with Crippen LogP contribution in [0.4, 0.5) is 11.4 Å². The number of carbonyl (C=O) groups is 3. The summed E-state index contributed by atoms with van der Waals surface area (Å²) in [5, 5.41) is 11.2. The van der Waals surface area contributed by atoms with Crippen LogP contribution in [0.2, 0.25) is 5.02 Å². The van der Waals surface area contributed by atoms with Crippen molar-refractivity contribution in [1.82, 2.24) is 4.90 Å². The zero-order valence-electron chi connectivity index (χ0n) is 24.1. The maximum absolute atomic E-state index is 15.0. The molecular formula is C35H32ClN3O4S. The quantitative estimate of drug-likeness (QED) is 0.391. The molecule has 7 nitrogen and oxygen atoms in total. The van der Waals surface area contributed by atoms with Crippen LogP contribution in [0.1, 0.15) is 18.5 Å². The van der Waals surface area contributed by atoms with Gasteiger partial charge in [0.25, 0.3) is 5.91 Å². The van der Waals surface area contributed by atoms with Gasteiger partial charge in [-0.2, -0.15) is 0 Å². The standard InChI is InChI=1S/C35H32ClN3O4S/c1-34-18-10-20-37(24-14-6-3-7-15-24)31(41)28(34)29-32(42)39(27(22-40)23-12-4-2-5-13-23)30-33(43)38(21-11-19-35(29,30)44-34)26-17-9-8-16-25(26)36/h2-19,27-30,40H,20-22H2,1H3/t27-,28-,29+,30?,34+,35+/m1/s1. The number of fused-ring (bicyclic) bond motifs is 2. The Kier molecular flexibility index (Phi) is 7.19. The first-order chi connectivity index (χ1) is 21.3. The molecule has 4 aliphatic rings. The van der Waals surface area contributed by atoms with E-state index in [1.54, 1.807) is 26.8 Å². The van der Waals surface area contributed by atoms with E-state index in [0.717, 1.165) is 11.3 Å². The number of anilines is 2. The first kappa shape index (κ1) is 28.9. The highest BCUT2D eigenvalue weighted by Crippen LogP contribution is 2.66. The highest BCUT2D eigenvalue weighted by molar-refractivity contribution is 8.02. The fraction of sp³-hybridized carbons (Fsp3) is 0.286. The lowest BCUT2D eigenvalue weighted by Gasteiger charge is -2.40. The van der Waals surface area contributed by atoms with Gasteiger partial charge in [0.1, 0.15) is 6.04 Å². The molecule has 9 heteroatoms. The number of hydrogen-bond donors (Lipinski definition) is 1. The van der Waals surface area contributed by atoms with Crippen molar-refractivity contribution >= 4 is 52.5 Å². The number of hydrogen-bond acceptors (Lipinski definition) is 5. The molecular weight excluding hydrogens is 594 g/mol. The molecule has 0 radical (unpaired) electrons. The van der Waals surface area contributed by atoms with Gasteiger partial charge in [-0.15, -0.1) is 11.8 Å². The molecule has 224 valence electrons. The van der Waals surface area contributed by atoms with Gasteiger partial charge in [0.05, 0.1) is 39.9 Å². The van der Waals surface area contributed by atoms with Crippen molar-refractivity contribution in [3.63, 3.8) is 0 Å². The van der Waals surface area contributed by atoms with Gasteiger partial charge in [0.2, 0.25) is 11.8 Å². The number of thioether (sulfide) groups is 1. The summed E-state index contributed by atoms with van der Waals surface area (Å²) in [6.07, 6.45) is 7.94. The molecule has 1 N–H and O–H groups in total. The molecule has 44 heavy (non-hydrogen) atoms. The van der Waals surface area contributed by atoms with Crippen molar-refractivity contribution in [2.24, 2.45) is 11.8 Å². The Morgan fingerprint density at radius 1 is 0.818 bits per heavy atom. The third kappa shape index (κ3) is 4.26. The molecule has 0 bridgehead atoms. The largest absolute Gasteiger partial charge is 0.394 e. The van der Waals surface area contributed by atoms with Crippen molar-refractivity contribution in [2.45, 2.75) is 28.5 Å². The molecule has 4 aliphatic heterocycles. The Morgan fingerprint density at radius 2 is 1.45 bits per heavy atom. The number of halogens is 1. The topological polar surface area (TPSA) is 81.2 Å². The molecule has 7 rings (SSSR count). The van der Waals surface area contributed by atoms with Crippen molar-refractivity contribution in [1.29, 1.82) is 0 Å². The van der Waals surface area contributed by atoms with Crippen LogP contribution in [-0.4, -0.2) is 63.0 Å². The van der Waals surface area contributed by atoms with Crippen LogP contribution in [0.25, 0.3) is 0 Å². The molecule has 0 aliphatic carbocycles. The van der Waals surface area contributed by atoms with Crippen LogP contribution in [0, 0.1) is 11.8 Å². The average molecular weight is 626 g/mol. The second-order valence-corrected chi connectivity index (χ2v) is 14.0. The smallest absolute Gasteiger partial charge is 0.251 e. The monoisotopic (exact) mass is 625 g/mol. The lowest BCUT2D eigenvalue weighted by Crippen LogP contribution is -2.54. The van der Waals surface area contributed by atoms with Crippen molar-refractivity contribution in [2.75, 3.05) is 29.5 Å². The van der Waals surface area contributed by atoms with Gasteiger partial charge >= 0.3 is 0 Å². The number of para-hydroxylation sites is 2. The number of carbonyl (C=O) groups excluding carboxylic acids is 3. The Balaban J connectivity index is 1.41. The van der Waals surface area contributed by atoms with Crippen molar-refractivity contribution in [3.05, 3.63) is 120 Å². The Labute approximate surface area is 265 Å². The van der Waals surface area contributed by atoms with E-state index < -0.39 is 33.4 Å². The van der Waals surface area contributed by atoms with Crippen molar-refractivity contribution < 1.29 is 19.5 Å². The summed E-state index contributed by atoms with van der Waals surface area (Å²) >= 11 is 8.13. The number of likely N-dealkylation sites (tertiary alicyclic amines) is 1. The predicted octanol–water partition coefficient (Wildman–Crippen LogP) is 5.27. The Bertz CT molecular complexity index is 1680. The van der Waals surface area contributed by atoms with Gasteiger partial charge in [-0.3, -0.25) is 14.4 Å². The summed E-state index contributed by atoms with van der Waals surface area (Å²) in [5.41, 5.74) is 2.02. The summed E-state index contributed by atoms with van der Waals surface area (Å²) in [4.78, 5) is 49.4. The summed E-state index contributed by atoms with van der Waals surface area (Å²) in [7, 11) is 0. The molecule has 4 heterocycles. The van der Waals surface area contributed by atoms with E-state index in [1.165, 1.54) is 11.8 Å². The highest BCUT2D eigenvalue weighted by atomic mass is 35.5. The first-order valence-corrected chi connectivity index (χ1v) is 16.0. The summed E-state index contributed by atoms with van der Waals surface area (Å²) in [6, 6.07) is 24.1. The molecule has 2 fully saturated rings. The number of nitrogens with zero attached hydrogens (tertiary/aromatic N) is 3. The number of amides is 3. The molecule has 0 saturated carbocycles. The SMILES string of the molecule is C[C@]12C=CCN(c3ccccc3)C(=O)[C@H]1[C@H]1C(=O)N([C@H](CO)c3ccccc3)C3C(=O)N(c4ccccc4Cl)CC=C[C@@]31S2. The molecule has 1 spiro atoms. The number of aliphatic hydroxyl groups excluding tert-OH is 1. The zero-order valence-corrected chi connectivity index (χ0v) is 25.7. The summed E-state index contributed by atoms with van der Waals surface area (Å²) in [5.74, 6) is -2.34. The normalized spacial score (nSPS) is 30.1. The van der Waals surface area contributed by atoms with E-state index in [2.05, 4.69) is 0 Å². The Morgan fingerprint density at radius 3 is 2.16 bits per heavy atom. The van der Waals surface area contributed by atoms with Crippen LogP contribution in [0.5, 0.6) is 0 Å². The fourth-order valence-electron chi connectivity index (χ4n) is 7.55. The third-order valence-electron chi connectivity index (χ3n) is 9.40. The van der Waals surface area contributed by atoms with Gasteiger partial charge in [-0.05, 0) is 36.8 Å². The van der Waals surface area contributed by atoms with E-state index in [0.29, 0.717) is 17.3 Å². The number of aliphatic hydroxyl groups is 1. The van der Waals surface area contributed by atoms with E-state index in [1.807, 2.05) is 104 Å². The Hall–Kier alpha value is -3.85. The number of rotatable bonds is 5. The molecule has 1 unspecified atom stereocenters. The highest BCUT2D eigenvalue weighted by Gasteiger charge is 2.74. The maximum atomic E-state index is 15.0. The van der Waals surface area contributed by atoms with E-state index >= 15 is 0 Å². The summed E-state index contributed by atoms with van der Waals surface area (Å²) in [6.45, 7) is 2.26. The lowest BCUT2D eigenvalue weighted by atomic mass is 9.74. The minimum absolute atomic E-state index is 0.152. The molecule has 2 saturated heterocycles. The maximum Gasteiger partial charge on any atom is 0.251 e. The zero-order chi connectivity index (χ0) is 30.6. The van der Waals surface area contributed by atoms with E-state index in [4.69, 9.17) is 11.6 Å². The van der Waals surface area contributed by atoms with Gasteiger partial charge < -0.3 is 19.8 Å². The first-order valence-electron chi connectivity index (χ1n) is 14.8. The van der Waals surface area contributed by atoms with Crippen LogP contribution in [0.15, 0.2) is 109 Å². The second kappa shape index (κ2) is 10.9. The van der Waals surface area contributed by atoms with E-state index in [9.17, 15) is 19.5 Å². The minimum atomic E-state index is -1.06.